The molecule has 244 valence electrons. The van der Waals surface area contributed by atoms with Crippen molar-refractivity contribution in [1.29, 1.82) is 0 Å². The van der Waals surface area contributed by atoms with Crippen LogP contribution in [0.5, 0.6) is 0 Å². The van der Waals surface area contributed by atoms with E-state index < -0.39 is 41.9 Å². The molecule has 1 saturated heterocycles. The molecule has 2 heterocycles. The van der Waals surface area contributed by atoms with Crippen molar-refractivity contribution in [3.63, 3.8) is 0 Å². The van der Waals surface area contributed by atoms with E-state index in [1.807, 2.05) is 6.08 Å². The van der Waals surface area contributed by atoms with E-state index in [0.717, 1.165) is 38.5 Å². The van der Waals surface area contributed by atoms with E-state index in [1.54, 1.807) is 13.8 Å². The SMILES string of the molecule is CC(C)(O)C1=CC[C@](C)(C2C(O)C[C@@]3(C)C4C[C@H](O)[C@H]5C(C)(C)C(OC6OCCC(O)[C@H]6O)CCC56CC46CCC23C)O1. The zero-order chi connectivity index (χ0) is 31.2. The Labute approximate surface area is 257 Å². The third kappa shape index (κ3) is 3.87. The van der Waals surface area contributed by atoms with Gasteiger partial charge in [0.15, 0.2) is 6.29 Å². The molecule has 0 amide bonds. The third-order valence-electron chi connectivity index (χ3n) is 14.9. The highest BCUT2D eigenvalue weighted by Crippen LogP contribution is 2.89. The highest BCUT2D eigenvalue weighted by Gasteiger charge is 2.85. The highest BCUT2D eigenvalue weighted by atomic mass is 16.7. The number of hydrogen-bond donors (Lipinski definition) is 5. The topological polar surface area (TPSA) is 129 Å². The van der Waals surface area contributed by atoms with Gasteiger partial charge in [-0.1, -0.05) is 27.7 Å². The number of ether oxygens (including phenoxy) is 3. The predicted molar refractivity (Wildman–Crippen MR) is 159 cm³/mol. The maximum absolute atomic E-state index is 12.1. The monoisotopic (exact) mass is 604 g/mol. The molecular weight excluding hydrogens is 548 g/mol. The van der Waals surface area contributed by atoms with Gasteiger partial charge in [-0.05, 0) is 117 Å². The molecule has 0 aromatic heterocycles. The van der Waals surface area contributed by atoms with Gasteiger partial charge in [-0.3, -0.25) is 0 Å². The van der Waals surface area contributed by atoms with Crippen LogP contribution in [0.2, 0.25) is 0 Å². The van der Waals surface area contributed by atoms with Gasteiger partial charge in [0.1, 0.15) is 23.1 Å². The minimum atomic E-state index is -1.06. The van der Waals surface area contributed by atoms with Crippen LogP contribution in [0, 0.1) is 44.8 Å². The maximum atomic E-state index is 12.1. The summed E-state index contributed by atoms with van der Waals surface area (Å²) in [6, 6.07) is 0. The minimum Gasteiger partial charge on any atom is -0.488 e. The molecule has 2 aliphatic heterocycles. The van der Waals surface area contributed by atoms with E-state index in [1.165, 1.54) is 0 Å². The molecule has 8 heteroatoms. The Morgan fingerprint density at radius 2 is 1.58 bits per heavy atom. The summed E-state index contributed by atoms with van der Waals surface area (Å²) in [5.74, 6) is 0.916. The molecule has 5 saturated carbocycles. The van der Waals surface area contributed by atoms with Gasteiger partial charge < -0.3 is 39.7 Å². The summed E-state index contributed by atoms with van der Waals surface area (Å²) in [6.07, 6.45) is 5.64. The predicted octanol–water partition coefficient (Wildman–Crippen LogP) is 4.05. The van der Waals surface area contributed by atoms with Crippen LogP contribution in [0.25, 0.3) is 0 Å². The van der Waals surface area contributed by atoms with E-state index in [0.29, 0.717) is 37.5 Å². The van der Waals surface area contributed by atoms with Gasteiger partial charge in [-0.2, -0.15) is 0 Å². The van der Waals surface area contributed by atoms with Crippen molar-refractivity contribution in [2.75, 3.05) is 6.61 Å². The molecule has 0 bridgehead atoms. The van der Waals surface area contributed by atoms with Gasteiger partial charge in [-0.25, -0.2) is 0 Å². The molecule has 6 fully saturated rings. The van der Waals surface area contributed by atoms with Gasteiger partial charge in [0, 0.05) is 12.3 Å². The fourth-order valence-corrected chi connectivity index (χ4v) is 13.0. The highest BCUT2D eigenvalue weighted by molar-refractivity contribution is 5.33. The first-order valence-electron chi connectivity index (χ1n) is 17.0. The fraction of sp³-hybridized carbons (Fsp3) is 0.943. The lowest BCUT2D eigenvalue weighted by Gasteiger charge is -2.64. The van der Waals surface area contributed by atoms with Crippen molar-refractivity contribution in [2.24, 2.45) is 44.8 Å². The smallest absolute Gasteiger partial charge is 0.186 e. The largest absolute Gasteiger partial charge is 0.488 e. The first kappa shape index (κ1) is 30.9. The van der Waals surface area contributed by atoms with Crippen molar-refractivity contribution >= 4 is 0 Å². The molecule has 9 unspecified atom stereocenters. The molecule has 5 aliphatic carbocycles. The normalized spacial score (nSPS) is 57.1. The molecule has 5 N–H and O–H groups in total. The van der Waals surface area contributed by atoms with Gasteiger partial charge >= 0.3 is 0 Å². The number of fused-ring (bicyclic) bond motifs is 2. The second-order valence-corrected chi connectivity index (χ2v) is 17.7. The van der Waals surface area contributed by atoms with Gasteiger partial charge in [0.25, 0.3) is 0 Å². The number of rotatable bonds is 4. The van der Waals surface area contributed by atoms with Crippen LogP contribution in [-0.4, -0.2) is 80.2 Å². The lowest BCUT2D eigenvalue weighted by Crippen LogP contribution is -2.63. The second kappa shape index (κ2) is 9.20. The van der Waals surface area contributed by atoms with E-state index in [9.17, 15) is 25.5 Å². The number of aliphatic hydroxyl groups is 5. The average molecular weight is 605 g/mol. The molecule has 7 rings (SSSR count). The van der Waals surface area contributed by atoms with Crippen molar-refractivity contribution < 1.29 is 39.7 Å². The fourth-order valence-electron chi connectivity index (χ4n) is 13.0. The summed E-state index contributed by atoms with van der Waals surface area (Å²) < 4.78 is 18.8. The Kier molecular flexibility index (Phi) is 6.61. The molecule has 8 nitrogen and oxygen atoms in total. The van der Waals surface area contributed by atoms with Crippen LogP contribution < -0.4 is 0 Å². The lowest BCUT2D eigenvalue weighted by atomic mass is 9.41. The second-order valence-electron chi connectivity index (χ2n) is 17.7. The summed E-state index contributed by atoms with van der Waals surface area (Å²) in [4.78, 5) is 0. The molecule has 0 radical (unpaired) electrons. The Morgan fingerprint density at radius 1 is 0.860 bits per heavy atom. The van der Waals surface area contributed by atoms with Crippen LogP contribution in [-0.2, 0) is 14.2 Å². The summed E-state index contributed by atoms with van der Waals surface area (Å²) in [7, 11) is 0. The molecular formula is C35H56O8. The van der Waals surface area contributed by atoms with Crippen LogP contribution in [0.4, 0.5) is 0 Å². The van der Waals surface area contributed by atoms with E-state index in [4.69, 9.17) is 14.2 Å². The van der Waals surface area contributed by atoms with E-state index in [2.05, 4.69) is 34.6 Å². The quantitative estimate of drug-likeness (QED) is 0.304. The maximum Gasteiger partial charge on any atom is 0.186 e. The Bertz CT molecular complexity index is 1180. The molecule has 0 aromatic rings. The number of aliphatic hydroxyl groups excluding tert-OH is 4. The third-order valence-corrected chi connectivity index (χ3v) is 14.9. The van der Waals surface area contributed by atoms with Crippen LogP contribution >= 0.6 is 0 Å². The van der Waals surface area contributed by atoms with Crippen molar-refractivity contribution in [1.82, 2.24) is 0 Å². The standard InChI is InChI=1S/C35H56O8/c1-29(2)23(42-28-25(39)19(36)10-15-41-28)9-12-35-18-34(35)14-13-31(5)27(33(7)11-8-24(43-33)30(3,4)40)21(38)17-32(31,6)22(34)16-20(37)26(29)35/h8,19-23,25-28,36-40H,9-18H2,1-7H3/t19?,20-,21?,22?,23?,25+,26-,27?,28?,31?,32-,33+,34?,35?/m0/s1. The Balaban J connectivity index is 1.16. The van der Waals surface area contributed by atoms with Crippen molar-refractivity contribution in [3.05, 3.63) is 11.8 Å². The molecule has 0 aromatic carbocycles. The van der Waals surface area contributed by atoms with E-state index >= 15 is 0 Å². The molecule has 14 atom stereocenters. The lowest BCUT2D eigenvalue weighted by molar-refractivity contribution is -0.291. The summed E-state index contributed by atoms with van der Waals surface area (Å²) in [5.41, 5.74) is -2.10. The minimum absolute atomic E-state index is 0.0427. The van der Waals surface area contributed by atoms with Crippen molar-refractivity contribution in [2.45, 2.75) is 154 Å². The van der Waals surface area contributed by atoms with E-state index in [-0.39, 0.29) is 45.0 Å². The summed E-state index contributed by atoms with van der Waals surface area (Å²) in [6.45, 7) is 15.2. The van der Waals surface area contributed by atoms with Crippen LogP contribution in [0.15, 0.2) is 11.8 Å². The summed E-state index contributed by atoms with van der Waals surface area (Å²) in [5, 5.41) is 55.5. The molecule has 7 aliphatic rings. The Morgan fingerprint density at radius 3 is 2.26 bits per heavy atom. The summed E-state index contributed by atoms with van der Waals surface area (Å²) >= 11 is 0. The first-order valence-corrected chi connectivity index (χ1v) is 17.0. The van der Waals surface area contributed by atoms with Crippen LogP contribution in [0.3, 0.4) is 0 Å². The van der Waals surface area contributed by atoms with Gasteiger partial charge in [-0.15, -0.1) is 0 Å². The zero-order valence-corrected chi connectivity index (χ0v) is 27.3. The Hall–Kier alpha value is -0.740. The average Bonchev–Trinajstić information content (AvgIpc) is 3.25. The molecule has 43 heavy (non-hydrogen) atoms. The molecule has 2 spiro atoms. The first-order chi connectivity index (χ1) is 19.9. The van der Waals surface area contributed by atoms with Gasteiger partial charge in [0.2, 0.25) is 0 Å². The van der Waals surface area contributed by atoms with Crippen molar-refractivity contribution in [3.8, 4) is 0 Å². The van der Waals surface area contributed by atoms with Gasteiger partial charge in [0.05, 0.1) is 31.0 Å². The number of hydrogen-bond acceptors (Lipinski definition) is 8. The van der Waals surface area contributed by atoms with Crippen LogP contribution in [0.1, 0.15) is 106 Å². The zero-order valence-electron chi connectivity index (χ0n) is 27.3.